The van der Waals surface area contributed by atoms with Gasteiger partial charge in [0.25, 0.3) is 0 Å². The first-order valence-corrected chi connectivity index (χ1v) is 8.80. The van der Waals surface area contributed by atoms with E-state index in [0.717, 1.165) is 12.5 Å². The highest BCUT2D eigenvalue weighted by molar-refractivity contribution is 5.35. The molecule has 1 aromatic rings. The van der Waals surface area contributed by atoms with Crippen LogP contribution in [0.2, 0.25) is 0 Å². The molecule has 3 atom stereocenters. The summed E-state index contributed by atoms with van der Waals surface area (Å²) in [4.78, 5) is 0. The highest BCUT2D eigenvalue weighted by Crippen LogP contribution is 2.46. The zero-order valence-electron chi connectivity index (χ0n) is 14.6. The molecule has 0 saturated carbocycles. The van der Waals surface area contributed by atoms with Gasteiger partial charge in [-0.1, -0.05) is 58.4 Å². The Kier molecular flexibility index (Phi) is 5.48. The van der Waals surface area contributed by atoms with E-state index in [1.165, 1.54) is 31.2 Å². The largest absolute Gasteiger partial charge is 0.314 e. The molecule has 1 aliphatic rings. The van der Waals surface area contributed by atoms with E-state index in [0.29, 0.717) is 17.4 Å². The normalized spacial score (nSPS) is 29.8. The molecule has 1 fully saturated rings. The van der Waals surface area contributed by atoms with Crippen LogP contribution in [0.3, 0.4) is 0 Å². The van der Waals surface area contributed by atoms with Crippen LogP contribution in [0.15, 0.2) is 24.3 Å². The van der Waals surface area contributed by atoms with Crippen molar-refractivity contribution in [1.82, 2.24) is 5.32 Å². The molecule has 1 saturated heterocycles. The van der Waals surface area contributed by atoms with Crippen molar-refractivity contribution in [2.75, 3.05) is 6.54 Å². The van der Waals surface area contributed by atoms with Crippen molar-refractivity contribution in [2.45, 2.75) is 71.8 Å². The van der Waals surface area contributed by atoms with Gasteiger partial charge >= 0.3 is 0 Å². The number of hydrogen-bond acceptors (Lipinski definition) is 1. The van der Waals surface area contributed by atoms with Crippen LogP contribution in [-0.2, 0) is 5.41 Å². The number of piperidine rings is 1. The molecule has 1 aromatic carbocycles. The van der Waals surface area contributed by atoms with Crippen molar-refractivity contribution in [3.05, 3.63) is 35.4 Å². The van der Waals surface area contributed by atoms with Crippen molar-refractivity contribution in [3.8, 4) is 0 Å². The third-order valence-electron chi connectivity index (χ3n) is 5.74. The van der Waals surface area contributed by atoms with Gasteiger partial charge in [0.05, 0.1) is 0 Å². The molecule has 0 amide bonds. The van der Waals surface area contributed by atoms with Crippen LogP contribution in [0.1, 0.15) is 64.5 Å². The van der Waals surface area contributed by atoms with Gasteiger partial charge in [0.2, 0.25) is 0 Å². The van der Waals surface area contributed by atoms with E-state index in [9.17, 15) is 0 Å². The minimum atomic E-state index is 0.363. The van der Waals surface area contributed by atoms with Crippen molar-refractivity contribution in [2.24, 2.45) is 11.8 Å². The Labute approximate surface area is 131 Å². The predicted molar refractivity (Wildman–Crippen MR) is 92.8 cm³/mol. The molecular formula is C20H33N. The lowest BCUT2D eigenvalue weighted by Gasteiger charge is -2.49. The maximum atomic E-state index is 3.75. The maximum absolute atomic E-state index is 3.75. The van der Waals surface area contributed by atoms with Crippen molar-refractivity contribution >= 4 is 0 Å². The summed E-state index contributed by atoms with van der Waals surface area (Å²) in [5, 5.41) is 3.75. The summed E-state index contributed by atoms with van der Waals surface area (Å²) in [5.74, 6) is 1.49. The highest BCUT2D eigenvalue weighted by atomic mass is 14.9. The fraction of sp³-hybridized carbons (Fsp3) is 0.700. The molecule has 3 unspecified atom stereocenters. The molecule has 1 heteroatoms. The first-order chi connectivity index (χ1) is 10.0. The van der Waals surface area contributed by atoms with E-state index < -0.39 is 0 Å². The zero-order chi connectivity index (χ0) is 15.5. The summed E-state index contributed by atoms with van der Waals surface area (Å²) >= 11 is 0. The lowest BCUT2D eigenvalue weighted by Crippen LogP contribution is -2.53. The highest BCUT2D eigenvalue weighted by Gasteiger charge is 2.43. The quantitative estimate of drug-likeness (QED) is 0.796. The Hall–Kier alpha value is -0.820. The van der Waals surface area contributed by atoms with Gasteiger partial charge in [-0.3, -0.25) is 0 Å². The Morgan fingerprint density at radius 2 is 2.00 bits per heavy atom. The molecule has 118 valence electrons. The van der Waals surface area contributed by atoms with Crippen LogP contribution in [0.4, 0.5) is 0 Å². The van der Waals surface area contributed by atoms with Crippen LogP contribution in [-0.4, -0.2) is 12.6 Å². The number of aryl methyl sites for hydroxylation is 1. The number of hydrogen-bond donors (Lipinski definition) is 1. The lowest BCUT2D eigenvalue weighted by atomic mass is 9.60. The predicted octanol–water partition coefficient (Wildman–Crippen LogP) is 5.08. The summed E-state index contributed by atoms with van der Waals surface area (Å²) in [7, 11) is 0. The van der Waals surface area contributed by atoms with Crippen LogP contribution < -0.4 is 5.32 Å². The van der Waals surface area contributed by atoms with E-state index in [1.807, 2.05) is 0 Å². The molecular weight excluding hydrogens is 254 g/mol. The number of nitrogens with one attached hydrogen (secondary N) is 1. The Morgan fingerprint density at radius 3 is 2.62 bits per heavy atom. The third-order valence-corrected chi connectivity index (χ3v) is 5.74. The molecule has 21 heavy (non-hydrogen) atoms. The standard InChI is InChI=1S/C20H33N/c1-6-19-17(5)20(13-14-21-19,12-11-15(2)3)18-10-8-7-9-16(18)4/h7-10,15,17,19,21H,6,11-14H2,1-5H3. The van der Waals surface area contributed by atoms with Crippen molar-refractivity contribution in [1.29, 1.82) is 0 Å². The van der Waals surface area contributed by atoms with Gasteiger partial charge in [0, 0.05) is 11.5 Å². The van der Waals surface area contributed by atoms with E-state index in [1.54, 1.807) is 5.56 Å². The van der Waals surface area contributed by atoms with E-state index in [4.69, 9.17) is 0 Å². The van der Waals surface area contributed by atoms with Gasteiger partial charge in [0.1, 0.15) is 0 Å². The molecule has 0 aliphatic carbocycles. The molecule has 1 heterocycles. The molecule has 1 nitrogen and oxygen atoms in total. The summed E-state index contributed by atoms with van der Waals surface area (Å²) in [6, 6.07) is 9.75. The third kappa shape index (κ3) is 3.34. The fourth-order valence-corrected chi connectivity index (χ4v) is 4.31. The monoisotopic (exact) mass is 287 g/mol. The molecule has 1 N–H and O–H groups in total. The molecule has 0 spiro atoms. The fourth-order valence-electron chi connectivity index (χ4n) is 4.31. The zero-order valence-corrected chi connectivity index (χ0v) is 14.6. The summed E-state index contributed by atoms with van der Waals surface area (Å²) < 4.78 is 0. The summed E-state index contributed by atoms with van der Waals surface area (Å²) in [5.41, 5.74) is 3.45. The van der Waals surface area contributed by atoms with E-state index >= 15 is 0 Å². The molecule has 0 bridgehead atoms. The second-order valence-corrected chi connectivity index (χ2v) is 7.41. The molecule has 2 rings (SSSR count). The Bertz CT molecular complexity index is 451. The van der Waals surface area contributed by atoms with Gasteiger partial charge < -0.3 is 5.32 Å². The van der Waals surface area contributed by atoms with Gasteiger partial charge in [0.15, 0.2) is 0 Å². The Morgan fingerprint density at radius 1 is 1.29 bits per heavy atom. The summed E-state index contributed by atoms with van der Waals surface area (Å²) in [6.45, 7) is 13.0. The Balaban J connectivity index is 2.41. The van der Waals surface area contributed by atoms with Crippen LogP contribution in [0, 0.1) is 18.8 Å². The maximum Gasteiger partial charge on any atom is 0.00985 e. The lowest BCUT2D eigenvalue weighted by molar-refractivity contribution is 0.138. The van der Waals surface area contributed by atoms with Crippen LogP contribution in [0.5, 0.6) is 0 Å². The van der Waals surface area contributed by atoms with E-state index in [2.05, 4.69) is 64.2 Å². The minimum Gasteiger partial charge on any atom is -0.314 e. The molecule has 1 aliphatic heterocycles. The SMILES string of the molecule is CCC1NCCC(CCC(C)C)(c2ccccc2C)C1C. The van der Waals surface area contributed by atoms with Crippen LogP contribution >= 0.6 is 0 Å². The van der Waals surface area contributed by atoms with Gasteiger partial charge in [-0.15, -0.1) is 0 Å². The number of rotatable bonds is 5. The van der Waals surface area contributed by atoms with Crippen molar-refractivity contribution < 1.29 is 0 Å². The molecule has 0 radical (unpaired) electrons. The first kappa shape index (κ1) is 16.5. The van der Waals surface area contributed by atoms with Crippen LogP contribution in [0.25, 0.3) is 0 Å². The van der Waals surface area contributed by atoms with E-state index in [-0.39, 0.29) is 0 Å². The minimum absolute atomic E-state index is 0.363. The second kappa shape index (κ2) is 6.96. The van der Waals surface area contributed by atoms with Gasteiger partial charge in [-0.05, 0) is 55.7 Å². The summed E-state index contributed by atoms with van der Waals surface area (Å²) in [6.07, 6.45) is 5.17. The average molecular weight is 287 g/mol. The van der Waals surface area contributed by atoms with Gasteiger partial charge in [-0.2, -0.15) is 0 Å². The molecule has 0 aromatic heterocycles. The van der Waals surface area contributed by atoms with Gasteiger partial charge in [-0.25, -0.2) is 0 Å². The topological polar surface area (TPSA) is 12.0 Å². The van der Waals surface area contributed by atoms with Crippen molar-refractivity contribution in [3.63, 3.8) is 0 Å². The second-order valence-electron chi connectivity index (χ2n) is 7.41. The number of benzene rings is 1. The first-order valence-electron chi connectivity index (χ1n) is 8.80. The average Bonchev–Trinajstić information content (AvgIpc) is 2.47. The smallest absolute Gasteiger partial charge is 0.00985 e.